The van der Waals surface area contributed by atoms with Gasteiger partial charge in [0.25, 0.3) is 5.91 Å². The molecule has 0 unspecified atom stereocenters. The number of aryl methyl sites for hydroxylation is 2. The van der Waals surface area contributed by atoms with Crippen LogP contribution in [0.5, 0.6) is 0 Å². The van der Waals surface area contributed by atoms with E-state index in [2.05, 4.69) is 10.0 Å². The lowest BCUT2D eigenvalue weighted by atomic mass is 10.0. The van der Waals surface area contributed by atoms with E-state index in [0.29, 0.717) is 17.8 Å². The van der Waals surface area contributed by atoms with Crippen molar-refractivity contribution in [1.29, 1.82) is 0 Å². The summed E-state index contributed by atoms with van der Waals surface area (Å²) in [4.78, 5) is 12.4. The van der Waals surface area contributed by atoms with Gasteiger partial charge in [-0.2, -0.15) is 0 Å². The van der Waals surface area contributed by atoms with Crippen LogP contribution in [0.2, 0.25) is 0 Å². The van der Waals surface area contributed by atoms with E-state index in [1.54, 1.807) is 31.2 Å². The van der Waals surface area contributed by atoms with E-state index in [1.165, 1.54) is 0 Å². The van der Waals surface area contributed by atoms with Crippen LogP contribution in [-0.2, 0) is 16.6 Å². The highest BCUT2D eigenvalue weighted by molar-refractivity contribution is 7.92. The van der Waals surface area contributed by atoms with Crippen molar-refractivity contribution in [2.45, 2.75) is 27.3 Å². The normalized spacial score (nSPS) is 11.1. The summed E-state index contributed by atoms with van der Waals surface area (Å²) < 4.78 is 25.5. The standard InChI is InChI=1S/C18H22N2O3S/c1-4-24(22,23)20-16-10-8-15(9-11-16)12-19-18(21)17-13(2)6-5-7-14(17)3/h5-11,20H,4,12H2,1-3H3,(H,19,21). The van der Waals surface area contributed by atoms with Crippen LogP contribution in [-0.4, -0.2) is 20.1 Å². The van der Waals surface area contributed by atoms with Gasteiger partial charge in [0.2, 0.25) is 10.0 Å². The Morgan fingerprint density at radius 3 is 2.12 bits per heavy atom. The van der Waals surface area contributed by atoms with E-state index in [9.17, 15) is 13.2 Å². The van der Waals surface area contributed by atoms with Gasteiger partial charge >= 0.3 is 0 Å². The molecule has 0 aliphatic rings. The number of sulfonamides is 1. The highest BCUT2D eigenvalue weighted by atomic mass is 32.2. The van der Waals surface area contributed by atoms with E-state index < -0.39 is 10.0 Å². The minimum absolute atomic E-state index is 0.0284. The third-order valence-corrected chi connectivity index (χ3v) is 5.08. The van der Waals surface area contributed by atoms with Crippen molar-refractivity contribution in [3.8, 4) is 0 Å². The summed E-state index contributed by atoms with van der Waals surface area (Å²) in [6, 6.07) is 12.7. The van der Waals surface area contributed by atoms with E-state index in [1.807, 2.05) is 32.0 Å². The van der Waals surface area contributed by atoms with Gasteiger partial charge in [-0.3, -0.25) is 9.52 Å². The van der Waals surface area contributed by atoms with Gasteiger partial charge in [-0.25, -0.2) is 8.42 Å². The highest BCUT2D eigenvalue weighted by Gasteiger charge is 2.11. The number of nitrogens with one attached hydrogen (secondary N) is 2. The van der Waals surface area contributed by atoms with Gasteiger partial charge in [-0.15, -0.1) is 0 Å². The molecule has 0 spiro atoms. The fourth-order valence-corrected chi connectivity index (χ4v) is 3.03. The molecule has 0 heterocycles. The second-order valence-corrected chi connectivity index (χ2v) is 7.66. The molecule has 6 heteroatoms. The number of amides is 1. The monoisotopic (exact) mass is 346 g/mol. The number of carbonyl (C=O) groups is 1. The molecule has 1 amide bonds. The lowest BCUT2D eigenvalue weighted by molar-refractivity contribution is 0.0949. The van der Waals surface area contributed by atoms with Crippen molar-refractivity contribution < 1.29 is 13.2 Å². The summed E-state index contributed by atoms with van der Waals surface area (Å²) in [5, 5.41) is 2.90. The zero-order valence-electron chi connectivity index (χ0n) is 14.1. The Morgan fingerprint density at radius 2 is 1.58 bits per heavy atom. The number of benzene rings is 2. The first-order valence-corrected chi connectivity index (χ1v) is 9.41. The topological polar surface area (TPSA) is 75.3 Å². The summed E-state index contributed by atoms with van der Waals surface area (Å²) >= 11 is 0. The zero-order chi connectivity index (χ0) is 17.7. The van der Waals surface area contributed by atoms with Crippen molar-refractivity contribution >= 4 is 21.6 Å². The third kappa shape index (κ3) is 4.58. The Labute approximate surface area is 143 Å². The molecule has 2 rings (SSSR count). The largest absolute Gasteiger partial charge is 0.348 e. The van der Waals surface area contributed by atoms with Gasteiger partial charge in [0.1, 0.15) is 0 Å². The first-order chi connectivity index (χ1) is 11.3. The maximum atomic E-state index is 12.4. The van der Waals surface area contributed by atoms with Gasteiger partial charge in [0, 0.05) is 17.8 Å². The Balaban J connectivity index is 2.01. The van der Waals surface area contributed by atoms with Crippen molar-refractivity contribution in [3.63, 3.8) is 0 Å². The fourth-order valence-electron chi connectivity index (χ4n) is 2.39. The van der Waals surface area contributed by atoms with Gasteiger partial charge in [0.15, 0.2) is 0 Å². The van der Waals surface area contributed by atoms with Crippen LogP contribution in [0.4, 0.5) is 5.69 Å². The van der Waals surface area contributed by atoms with E-state index in [0.717, 1.165) is 16.7 Å². The third-order valence-electron chi connectivity index (χ3n) is 3.77. The molecule has 24 heavy (non-hydrogen) atoms. The highest BCUT2D eigenvalue weighted by Crippen LogP contribution is 2.14. The summed E-state index contributed by atoms with van der Waals surface area (Å²) in [7, 11) is -3.28. The van der Waals surface area contributed by atoms with Crippen LogP contribution in [0.25, 0.3) is 0 Å². The number of carbonyl (C=O) groups excluding carboxylic acids is 1. The van der Waals surface area contributed by atoms with Crippen molar-refractivity contribution in [2.75, 3.05) is 10.5 Å². The quantitative estimate of drug-likeness (QED) is 0.844. The zero-order valence-corrected chi connectivity index (χ0v) is 14.9. The first-order valence-electron chi connectivity index (χ1n) is 7.76. The van der Waals surface area contributed by atoms with Crippen molar-refractivity contribution in [2.24, 2.45) is 0 Å². The Bertz CT molecular complexity index is 808. The van der Waals surface area contributed by atoms with Crippen LogP contribution in [0.15, 0.2) is 42.5 Å². The minimum atomic E-state index is -3.28. The Hall–Kier alpha value is -2.34. The molecule has 2 aromatic carbocycles. The average Bonchev–Trinajstić information content (AvgIpc) is 2.54. The molecule has 5 nitrogen and oxygen atoms in total. The molecule has 0 radical (unpaired) electrons. The van der Waals surface area contributed by atoms with Crippen LogP contribution in [0.3, 0.4) is 0 Å². The molecular weight excluding hydrogens is 324 g/mol. The fraction of sp³-hybridized carbons (Fsp3) is 0.278. The molecule has 2 N–H and O–H groups in total. The van der Waals surface area contributed by atoms with Gasteiger partial charge in [-0.05, 0) is 49.6 Å². The Morgan fingerprint density at radius 1 is 1.00 bits per heavy atom. The van der Waals surface area contributed by atoms with Crippen molar-refractivity contribution in [1.82, 2.24) is 5.32 Å². The lowest BCUT2D eigenvalue weighted by Gasteiger charge is -2.11. The number of rotatable bonds is 6. The lowest BCUT2D eigenvalue weighted by Crippen LogP contribution is -2.24. The Kier molecular flexibility index (Phi) is 5.62. The molecule has 0 bridgehead atoms. The number of hydrogen-bond donors (Lipinski definition) is 2. The van der Waals surface area contributed by atoms with Gasteiger partial charge < -0.3 is 5.32 Å². The molecule has 0 saturated carbocycles. The maximum absolute atomic E-state index is 12.4. The van der Waals surface area contributed by atoms with Crippen LogP contribution in [0.1, 0.15) is 34.0 Å². The van der Waals surface area contributed by atoms with Crippen LogP contribution < -0.4 is 10.0 Å². The van der Waals surface area contributed by atoms with Crippen molar-refractivity contribution in [3.05, 3.63) is 64.7 Å². The van der Waals surface area contributed by atoms with E-state index in [4.69, 9.17) is 0 Å². The molecule has 128 valence electrons. The summed E-state index contributed by atoms with van der Waals surface area (Å²) in [6.07, 6.45) is 0. The molecule has 0 saturated heterocycles. The van der Waals surface area contributed by atoms with E-state index >= 15 is 0 Å². The first kappa shape index (κ1) is 18.0. The summed E-state index contributed by atoms with van der Waals surface area (Å²) in [5.41, 5.74) is 3.99. The maximum Gasteiger partial charge on any atom is 0.252 e. The minimum Gasteiger partial charge on any atom is -0.348 e. The molecule has 2 aromatic rings. The van der Waals surface area contributed by atoms with E-state index in [-0.39, 0.29) is 11.7 Å². The molecule has 0 aliphatic heterocycles. The smallest absolute Gasteiger partial charge is 0.252 e. The van der Waals surface area contributed by atoms with Gasteiger partial charge in [-0.1, -0.05) is 30.3 Å². The number of anilines is 1. The molecular formula is C18H22N2O3S. The molecule has 0 atom stereocenters. The predicted octanol–water partition coefficient (Wildman–Crippen LogP) is 3.00. The summed E-state index contributed by atoms with van der Waals surface area (Å²) in [5.74, 6) is -0.0815. The van der Waals surface area contributed by atoms with Crippen LogP contribution >= 0.6 is 0 Å². The molecule has 0 aliphatic carbocycles. The summed E-state index contributed by atoms with van der Waals surface area (Å²) in [6.45, 7) is 5.79. The second-order valence-electron chi connectivity index (χ2n) is 5.65. The second kappa shape index (κ2) is 7.49. The molecule has 0 fully saturated rings. The van der Waals surface area contributed by atoms with Gasteiger partial charge in [0.05, 0.1) is 5.75 Å². The number of hydrogen-bond acceptors (Lipinski definition) is 3. The predicted molar refractivity (Wildman–Crippen MR) is 96.6 cm³/mol. The molecule has 0 aromatic heterocycles. The average molecular weight is 346 g/mol. The SMILES string of the molecule is CCS(=O)(=O)Nc1ccc(CNC(=O)c2c(C)cccc2C)cc1. The van der Waals surface area contributed by atoms with Crippen LogP contribution in [0, 0.1) is 13.8 Å².